The van der Waals surface area contributed by atoms with Crippen LogP contribution < -0.4 is 4.74 Å². The first kappa shape index (κ1) is 21.1. The predicted molar refractivity (Wildman–Crippen MR) is 118 cm³/mol. The summed E-state index contributed by atoms with van der Waals surface area (Å²) in [5, 5.41) is 29.5. The number of aliphatic hydroxyl groups excluding tert-OH is 3. The Morgan fingerprint density at radius 1 is 0.871 bits per heavy atom. The van der Waals surface area contributed by atoms with Crippen molar-refractivity contribution >= 4 is 10.9 Å². The van der Waals surface area contributed by atoms with Gasteiger partial charge in [0.2, 0.25) is 0 Å². The normalized spacial score (nSPS) is 12.3. The molecule has 1 heterocycles. The Labute approximate surface area is 179 Å². The van der Waals surface area contributed by atoms with Gasteiger partial charge in [0.1, 0.15) is 17.3 Å². The molecule has 0 spiro atoms. The van der Waals surface area contributed by atoms with Crippen LogP contribution in [-0.2, 0) is 13.0 Å². The van der Waals surface area contributed by atoms with Gasteiger partial charge in [-0.25, -0.2) is 4.39 Å². The van der Waals surface area contributed by atoms with Crippen LogP contribution >= 0.6 is 0 Å². The van der Waals surface area contributed by atoms with Crippen molar-refractivity contribution in [3.05, 3.63) is 84.3 Å². The summed E-state index contributed by atoms with van der Waals surface area (Å²) in [5.74, 6) is 0.905. The second-order valence-corrected chi connectivity index (χ2v) is 7.42. The molecule has 0 aliphatic heterocycles. The van der Waals surface area contributed by atoms with Gasteiger partial charge in [0.15, 0.2) is 0 Å². The zero-order chi connectivity index (χ0) is 21.8. The third-order valence-electron chi connectivity index (χ3n) is 5.21. The highest BCUT2D eigenvalue weighted by molar-refractivity contribution is 5.88. The molecule has 4 aromatic rings. The number of ether oxygens (including phenoxy) is 1. The van der Waals surface area contributed by atoms with Gasteiger partial charge in [0.25, 0.3) is 0 Å². The third-order valence-corrected chi connectivity index (χ3v) is 5.21. The quantitative estimate of drug-likeness (QED) is 0.400. The number of hydrogen-bond acceptors (Lipinski definition) is 4. The number of rotatable bonds is 8. The average molecular weight is 421 g/mol. The largest absolute Gasteiger partial charge is 0.457 e. The number of aromatic nitrogens is 1. The second-order valence-electron chi connectivity index (χ2n) is 7.42. The van der Waals surface area contributed by atoms with Gasteiger partial charge in [0.05, 0.1) is 19.3 Å². The van der Waals surface area contributed by atoms with Gasteiger partial charge < -0.3 is 24.6 Å². The molecule has 3 N–H and O–H groups in total. The predicted octanol–water partition coefficient (Wildman–Crippen LogP) is 4.13. The van der Waals surface area contributed by atoms with Gasteiger partial charge in [-0.3, -0.25) is 0 Å². The van der Waals surface area contributed by atoms with Gasteiger partial charge in [0, 0.05) is 30.1 Å². The first-order chi connectivity index (χ1) is 15.1. The van der Waals surface area contributed by atoms with Gasteiger partial charge in [-0.05, 0) is 65.2 Å². The fourth-order valence-electron chi connectivity index (χ4n) is 3.68. The second kappa shape index (κ2) is 9.31. The smallest absolute Gasteiger partial charge is 0.127 e. The lowest BCUT2D eigenvalue weighted by Crippen LogP contribution is -2.14. The van der Waals surface area contributed by atoms with Crippen molar-refractivity contribution in [1.29, 1.82) is 0 Å². The zero-order valence-electron chi connectivity index (χ0n) is 16.9. The summed E-state index contributed by atoms with van der Waals surface area (Å²) in [7, 11) is 0. The molecule has 0 unspecified atom stereocenters. The molecule has 0 aliphatic carbocycles. The maximum Gasteiger partial charge on any atom is 0.127 e. The van der Waals surface area contributed by atoms with Crippen LogP contribution in [0, 0.1) is 5.82 Å². The van der Waals surface area contributed by atoms with E-state index in [0.717, 1.165) is 27.6 Å². The monoisotopic (exact) mass is 421 g/mol. The lowest BCUT2D eigenvalue weighted by molar-refractivity contribution is 0.0957. The zero-order valence-corrected chi connectivity index (χ0v) is 16.9. The minimum atomic E-state index is -0.834. The number of nitrogens with zero attached hydrogens (tertiary/aromatic N) is 1. The van der Waals surface area contributed by atoms with Crippen LogP contribution in [0.15, 0.2) is 72.9 Å². The van der Waals surface area contributed by atoms with Crippen LogP contribution in [0.2, 0.25) is 0 Å². The molecule has 0 bridgehead atoms. The summed E-state index contributed by atoms with van der Waals surface area (Å²) in [6.45, 7) is 0.172. The van der Waals surface area contributed by atoms with E-state index >= 15 is 0 Å². The number of hydrogen-bond donors (Lipinski definition) is 3. The van der Waals surface area contributed by atoms with Gasteiger partial charge in [-0.1, -0.05) is 18.2 Å². The summed E-state index contributed by atoms with van der Waals surface area (Å²) in [6.07, 6.45) is 1.42. The van der Waals surface area contributed by atoms with E-state index in [9.17, 15) is 19.7 Å². The highest BCUT2D eigenvalue weighted by Gasteiger charge is 2.13. The molecule has 0 amide bonds. The highest BCUT2D eigenvalue weighted by Crippen LogP contribution is 2.31. The topological polar surface area (TPSA) is 74.9 Å². The van der Waals surface area contributed by atoms with Crippen LogP contribution in [-0.4, -0.2) is 39.2 Å². The van der Waals surface area contributed by atoms with E-state index in [0.29, 0.717) is 24.5 Å². The van der Waals surface area contributed by atoms with Gasteiger partial charge >= 0.3 is 0 Å². The first-order valence-corrected chi connectivity index (χ1v) is 10.1. The number of halogens is 1. The van der Waals surface area contributed by atoms with E-state index < -0.39 is 6.10 Å². The molecular formula is C25H24FNO4. The van der Waals surface area contributed by atoms with E-state index in [1.54, 1.807) is 12.1 Å². The van der Waals surface area contributed by atoms with Crippen molar-refractivity contribution in [2.45, 2.75) is 19.1 Å². The van der Waals surface area contributed by atoms with E-state index in [2.05, 4.69) is 6.07 Å². The van der Waals surface area contributed by atoms with Crippen molar-refractivity contribution in [3.63, 3.8) is 0 Å². The minimum absolute atomic E-state index is 0.0169. The molecule has 0 fully saturated rings. The van der Waals surface area contributed by atoms with Gasteiger partial charge in [-0.2, -0.15) is 0 Å². The standard InChI is InChI=1S/C25H24FNO4/c26-20-4-8-23(9-5-20)31-22-6-1-17(2-7-22)18-3-10-25-24(14-18)19(13-21(30)16-29)15-27(25)11-12-28/h1-10,14-15,21,28-30H,11-13,16H2/t21-/m0/s1. The molecule has 160 valence electrons. The first-order valence-electron chi connectivity index (χ1n) is 10.1. The highest BCUT2D eigenvalue weighted by atomic mass is 19.1. The summed E-state index contributed by atoms with van der Waals surface area (Å²) in [6, 6.07) is 19.6. The molecule has 1 aromatic heterocycles. The third kappa shape index (κ3) is 4.77. The summed E-state index contributed by atoms with van der Waals surface area (Å²) < 4.78 is 20.8. The van der Waals surface area contributed by atoms with Crippen molar-refractivity contribution in [2.24, 2.45) is 0 Å². The summed E-state index contributed by atoms with van der Waals surface area (Å²) >= 11 is 0. The van der Waals surface area contributed by atoms with Crippen molar-refractivity contribution in [3.8, 4) is 22.6 Å². The molecule has 3 aromatic carbocycles. The maximum absolute atomic E-state index is 13.0. The van der Waals surface area contributed by atoms with E-state index in [-0.39, 0.29) is 19.0 Å². The molecule has 4 rings (SSSR count). The number of aliphatic hydroxyl groups is 3. The Morgan fingerprint density at radius 2 is 1.52 bits per heavy atom. The Bertz CT molecular complexity index is 1150. The Kier molecular flexibility index (Phi) is 6.32. The van der Waals surface area contributed by atoms with Crippen LogP contribution in [0.4, 0.5) is 4.39 Å². The summed E-state index contributed by atoms with van der Waals surface area (Å²) in [4.78, 5) is 0. The molecule has 5 nitrogen and oxygen atoms in total. The molecule has 0 radical (unpaired) electrons. The van der Waals surface area contributed by atoms with E-state index in [1.165, 1.54) is 12.1 Å². The lowest BCUT2D eigenvalue weighted by atomic mass is 10.0. The minimum Gasteiger partial charge on any atom is -0.457 e. The number of benzene rings is 3. The summed E-state index contributed by atoms with van der Waals surface area (Å²) in [5.41, 5.74) is 3.89. The molecule has 1 atom stereocenters. The van der Waals surface area contributed by atoms with Crippen molar-refractivity contribution in [1.82, 2.24) is 4.57 Å². The lowest BCUT2D eigenvalue weighted by Gasteiger charge is -2.09. The van der Waals surface area contributed by atoms with Crippen LogP contribution in [0.3, 0.4) is 0 Å². The van der Waals surface area contributed by atoms with Crippen molar-refractivity contribution in [2.75, 3.05) is 13.2 Å². The molecule has 31 heavy (non-hydrogen) atoms. The Morgan fingerprint density at radius 3 is 2.16 bits per heavy atom. The van der Waals surface area contributed by atoms with E-state index in [4.69, 9.17) is 4.74 Å². The molecular weight excluding hydrogens is 397 g/mol. The molecule has 0 saturated heterocycles. The van der Waals surface area contributed by atoms with Crippen LogP contribution in [0.1, 0.15) is 5.56 Å². The molecule has 0 aliphatic rings. The fraction of sp³-hybridized carbons (Fsp3) is 0.200. The average Bonchev–Trinajstić information content (AvgIpc) is 3.12. The Hall–Kier alpha value is -3.19. The SMILES string of the molecule is OCCn1cc(C[C@H](O)CO)c2cc(-c3ccc(Oc4ccc(F)cc4)cc3)ccc21. The maximum atomic E-state index is 13.0. The molecule has 0 saturated carbocycles. The van der Waals surface area contributed by atoms with Crippen LogP contribution in [0.5, 0.6) is 11.5 Å². The number of fused-ring (bicyclic) bond motifs is 1. The van der Waals surface area contributed by atoms with Crippen LogP contribution in [0.25, 0.3) is 22.0 Å². The Balaban J connectivity index is 1.62. The van der Waals surface area contributed by atoms with Gasteiger partial charge in [-0.15, -0.1) is 0 Å². The van der Waals surface area contributed by atoms with Crippen molar-refractivity contribution < 1.29 is 24.4 Å². The fourth-order valence-corrected chi connectivity index (χ4v) is 3.68. The molecule has 6 heteroatoms. The van der Waals surface area contributed by atoms with E-state index in [1.807, 2.05) is 47.2 Å².